The molecule has 0 bridgehead atoms. The number of phenolic OH excluding ortho intramolecular Hbond substituents is 1. The van der Waals surface area contributed by atoms with E-state index in [9.17, 15) is 5.11 Å². The highest BCUT2D eigenvalue weighted by Crippen LogP contribution is 2.33. The lowest BCUT2D eigenvalue weighted by Crippen LogP contribution is -2.11. The summed E-state index contributed by atoms with van der Waals surface area (Å²) in [6.07, 6.45) is 0. The maximum atomic E-state index is 9.66. The summed E-state index contributed by atoms with van der Waals surface area (Å²) >= 11 is 8.42. The molecule has 1 N–H and O–H groups in total. The third-order valence-corrected chi connectivity index (χ3v) is 2.89. The first-order valence-corrected chi connectivity index (χ1v) is 5.60. The Bertz CT molecular complexity index is 340. The number of hydrogen-bond donors (Lipinski definition) is 3. The SMILES string of the molecule is CC(C)(C)c1cc(S)c(O)c(CS)c1. The van der Waals surface area contributed by atoms with Crippen molar-refractivity contribution in [2.75, 3.05) is 0 Å². The van der Waals surface area contributed by atoms with Gasteiger partial charge in [0.25, 0.3) is 0 Å². The first kappa shape index (κ1) is 11.8. The fourth-order valence-electron chi connectivity index (χ4n) is 1.23. The molecular weight excluding hydrogens is 212 g/mol. The van der Waals surface area contributed by atoms with E-state index < -0.39 is 0 Å². The van der Waals surface area contributed by atoms with Gasteiger partial charge in [0, 0.05) is 16.2 Å². The lowest BCUT2D eigenvalue weighted by molar-refractivity contribution is 0.456. The summed E-state index contributed by atoms with van der Waals surface area (Å²) < 4.78 is 0. The van der Waals surface area contributed by atoms with Crippen LogP contribution in [0.2, 0.25) is 0 Å². The highest BCUT2D eigenvalue weighted by atomic mass is 32.1. The molecule has 0 saturated heterocycles. The zero-order valence-electron chi connectivity index (χ0n) is 8.70. The van der Waals surface area contributed by atoms with E-state index in [1.54, 1.807) is 0 Å². The van der Waals surface area contributed by atoms with Crippen molar-refractivity contribution < 1.29 is 5.11 Å². The summed E-state index contributed by atoms with van der Waals surface area (Å²) in [7, 11) is 0. The van der Waals surface area contributed by atoms with Crippen LogP contribution in [0.15, 0.2) is 17.0 Å². The van der Waals surface area contributed by atoms with Crippen LogP contribution in [0.3, 0.4) is 0 Å². The van der Waals surface area contributed by atoms with Gasteiger partial charge >= 0.3 is 0 Å². The van der Waals surface area contributed by atoms with Gasteiger partial charge in [-0.15, -0.1) is 12.6 Å². The molecule has 0 aliphatic carbocycles. The highest BCUT2D eigenvalue weighted by Gasteiger charge is 2.16. The molecule has 0 atom stereocenters. The Morgan fingerprint density at radius 2 is 1.86 bits per heavy atom. The van der Waals surface area contributed by atoms with Crippen molar-refractivity contribution in [3.63, 3.8) is 0 Å². The average molecular weight is 228 g/mol. The molecule has 0 aliphatic heterocycles. The molecule has 1 nitrogen and oxygen atoms in total. The predicted octanol–water partition coefficient (Wildman–Crippen LogP) is 3.41. The lowest BCUT2D eigenvalue weighted by Gasteiger charge is -2.21. The molecule has 78 valence electrons. The summed E-state index contributed by atoms with van der Waals surface area (Å²) in [5.41, 5.74) is 2.08. The quantitative estimate of drug-likeness (QED) is 0.629. The highest BCUT2D eigenvalue weighted by molar-refractivity contribution is 7.80. The number of hydrogen-bond acceptors (Lipinski definition) is 3. The molecule has 0 spiro atoms. The molecule has 1 aromatic rings. The van der Waals surface area contributed by atoms with E-state index in [0.29, 0.717) is 10.6 Å². The number of rotatable bonds is 1. The molecular formula is C11H16OS2. The molecule has 0 saturated carbocycles. The summed E-state index contributed by atoms with van der Waals surface area (Å²) in [6.45, 7) is 6.40. The maximum absolute atomic E-state index is 9.66. The fraction of sp³-hybridized carbons (Fsp3) is 0.455. The van der Waals surface area contributed by atoms with E-state index in [-0.39, 0.29) is 11.2 Å². The van der Waals surface area contributed by atoms with Crippen LogP contribution < -0.4 is 0 Å². The second-order valence-corrected chi connectivity index (χ2v) is 5.21. The van der Waals surface area contributed by atoms with Crippen LogP contribution in [0.25, 0.3) is 0 Å². The summed E-state index contributed by atoms with van der Waals surface area (Å²) in [4.78, 5) is 0.626. The van der Waals surface area contributed by atoms with E-state index in [1.165, 1.54) is 5.56 Å². The topological polar surface area (TPSA) is 20.2 Å². The number of aromatic hydroxyl groups is 1. The van der Waals surface area contributed by atoms with Gasteiger partial charge in [-0.05, 0) is 17.0 Å². The van der Waals surface area contributed by atoms with Crippen LogP contribution in [0.5, 0.6) is 5.75 Å². The van der Waals surface area contributed by atoms with Gasteiger partial charge in [0.15, 0.2) is 0 Å². The Morgan fingerprint density at radius 1 is 1.29 bits per heavy atom. The molecule has 0 heterocycles. The smallest absolute Gasteiger partial charge is 0.132 e. The Kier molecular flexibility index (Phi) is 3.43. The second kappa shape index (κ2) is 4.07. The Balaban J connectivity index is 3.30. The molecule has 1 aromatic carbocycles. The maximum Gasteiger partial charge on any atom is 0.132 e. The van der Waals surface area contributed by atoms with Gasteiger partial charge in [-0.25, -0.2) is 0 Å². The third-order valence-electron chi connectivity index (χ3n) is 2.21. The van der Waals surface area contributed by atoms with E-state index in [4.69, 9.17) is 0 Å². The molecule has 0 unspecified atom stereocenters. The number of benzene rings is 1. The lowest BCUT2D eigenvalue weighted by atomic mass is 9.86. The van der Waals surface area contributed by atoms with Crippen molar-refractivity contribution in [1.29, 1.82) is 0 Å². The summed E-state index contributed by atoms with van der Waals surface area (Å²) in [5.74, 6) is 0.778. The van der Waals surface area contributed by atoms with Crippen molar-refractivity contribution in [2.24, 2.45) is 0 Å². The van der Waals surface area contributed by atoms with Crippen LogP contribution in [0, 0.1) is 0 Å². The Labute approximate surface area is 96.4 Å². The Hall–Kier alpha value is -0.280. The monoisotopic (exact) mass is 228 g/mol. The largest absolute Gasteiger partial charge is 0.506 e. The van der Waals surface area contributed by atoms with Gasteiger partial charge in [-0.1, -0.05) is 26.8 Å². The summed E-state index contributed by atoms with van der Waals surface area (Å²) in [6, 6.07) is 3.90. The van der Waals surface area contributed by atoms with E-state index >= 15 is 0 Å². The molecule has 0 amide bonds. The zero-order valence-corrected chi connectivity index (χ0v) is 10.5. The first-order chi connectivity index (χ1) is 6.36. The van der Waals surface area contributed by atoms with Crippen molar-refractivity contribution >= 4 is 25.3 Å². The van der Waals surface area contributed by atoms with Gasteiger partial charge in [0.1, 0.15) is 5.75 Å². The summed E-state index contributed by atoms with van der Waals surface area (Å²) in [5, 5.41) is 9.66. The molecule has 0 aromatic heterocycles. The van der Waals surface area contributed by atoms with Gasteiger partial charge in [0.2, 0.25) is 0 Å². The van der Waals surface area contributed by atoms with Gasteiger partial charge in [0.05, 0.1) is 0 Å². The zero-order chi connectivity index (χ0) is 10.9. The first-order valence-electron chi connectivity index (χ1n) is 4.52. The molecule has 0 radical (unpaired) electrons. The fourth-order valence-corrected chi connectivity index (χ4v) is 1.76. The number of thiol groups is 2. The number of phenols is 1. The van der Waals surface area contributed by atoms with Crippen molar-refractivity contribution in [3.05, 3.63) is 23.3 Å². The van der Waals surface area contributed by atoms with Crippen LogP contribution in [0.1, 0.15) is 31.9 Å². The van der Waals surface area contributed by atoms with Crippen LogP contribution in [-0.4, -0.2) is 5.11 Å². The van der Waals surface area contributed by atoms with Crippen molar-refractivity contribution in [1.82, 2.24) is 0 Å². The predicted molar refractivity (Wildman–Crippen MR) is 66.7 cm³/mol. The van der Waals surface area contributed by atoms with E-state index in [0.717, 1.165) is 5.56 Å². The van der Waals surface area contributed by atoms with Crippen molar-refractivity contribution in [3.8, 4) is 5.75 Å². The van der Waals surface area contributed by atoms with Gasteiger partial charge < -0.3 is 5.11 Å². The van der Waals surface area contributed by atoms with Crippen LogP contribution in [-0.2, 0) is 11.2 Å². The van der Waals surface area contributed by atoms with Crippen LogP contribution >= 0.6 is 25.3 Å². The van der Waals surface area contributed by atoms with E-state index in [2.05, 4.69) is 46.0 Å². The standard InChI is InChI=1S/C11H16OS2/c1-11(2,3)8-4-7(6-13)10(12)9(14)5-8/h4-5,12-14H,6H2,1-3H3. The molecule has 0 aliphatic rings. The minimum atomic E-state index is 0.0723. The minimum Gasteiger partial charge on any atom is -0.506 e. The molecule has 14 heavy (non-hydrogen) atoms. The third kappa shape index (κ3) is 2.39. The van der Waals surface area contributed by atoms with Crippen molar-refractivity contribution in [2.45, 2.75) is 36.8 Å². The minimum absolute atomic E-state index is 0.0723. The van der Waals surface area contributed by atoms with Gasteiger partial charge in [-0.3, -0.25) is 0 Å². The second-order valence-electron chi connectivity index (χ2n) is 4.41. The van der Waals surface area contributed by atoms with Gasteiger partial charge in [-0.2, -0.15) is 12.6 Å². The normalized spacial score (nSPS) is 11.8. The Morgan fingerprint density at radius 3 is 2.29 bits per heavy atom. The molecule has 3 heteroatoms. The average Bonchev–Trinajstić information content (AvgIpc) is 2.07. The van der Waals surface area contributed by atoms with E-state index in [1.807, 2.05) is 12.1 Å². The molecule has 1 rings (SSSR count). The van der Waals surface area contributed by atoms with Crippen LogP contribution in [0.4, 0.5) is 0 Å². The molecule has 0 fully saturated rings.